The van der Waals surface area contributed by atoms with E-state index in [1.165, 1.54) is 6.20 Å². The van der Waals surface area contributed by atoms with Crippen LogP contribution in [0.15, 0.2) is 6.20 Å². The van der Waals surface area contributed by atoms with Gasteiger partial charge in [-0.3, -0.25) is 0 Å². The van der Waals surface area contributed by atoms with Crippen LogP contribution in [0.4, 0.5) is 0 Å². The van der Waals surface area contributed by atoms with Crippen molar-refractivity contribution in [2.45, 2.75) is 20.0 Å². The van der Waals surface area contributed by atoms with Gasteiger partial charge in [-0.25, -0.2) is 9.78 Å². The molecule has 72 valence electrons. The number of aromatic nitrogens is 2. The number of nitrogens with zero attached hydrogens (tertiary/aromatic N) is 2. The van der Waals surface area contributed by atoms with Crippen LogP contribution < -0.4 is 5.32 Å². The third-order valence-corrected chi connectivity index (χ3v) is 1.81. The molecule has 0 atom stereocenters. The molecule has 0 aliphatic heterocycles. The van der Waals surface area contributed by atoms with Crippen molar-refractivity contribution in [1.29, 1.82) is 0 Å². The first-order valence-corrected chi connectivity index (χ1v) is 4.13. The van der Waals surface area contributed by atoms with Gasteiger partial charge in [-0.1, -0.05) is 0 Å². The number of hydrogen-bond donors (Lipinski definition) is 2. The lowest BCUT2D eigenvalue weighted by atomic mass is 10.4. The first kappa shape index (κ1) is 9.73. The number of carbonyl (C=O) groups is 1. The fraction of sp³-hybridized carbons (Fsp3) is 0.500. The van der Waals surface area contributed by atoms with Crippen LogP contribution in [-0.4, -0.2) is 27.7 Å². The molecular formula is C8H13N3O2. The summed E-state index contributed by atoms with van der Waals surface area (Å²) in [5.41, 5.74) is 0.243. The highest BCUT2D eigenvalue weighted by molar-refractivity contribution is 5.85. The third-order valence-electron chi connectivity index (χ3n) is 1.81. The Morgan fingerprint density at radius 3 is 2.92 bits per heavy atom. The smallest absolute Gasteiger partial charge is 0.354 e. The molecule has 2 N–H and O–H groups in total. The Hall–Kier alpha value is -1.36. The van der Waals surface area contributed by atoms with E-state index < -0.39 is 5.97 Å². The Morgan fingerprint density at radius 1 is 1.77 bits per heavy atom. The average Bonchev–Trinajstić information content (AvgIpc) is 2.48. The summed E-state index contributed by atoms with van der Waals surface area (Å²) in [5.74, 6) is -0.181. The zero-order valence-electron chi connectivity index (χ0n) is 7.74. The molecule has 0 amide bonds. The van der Waals surface area contributed by atoms with Gasteiger partial charge in [0.1, 0.15) is 11.5 Å². The second-order valence-corrected chi connectivity index (χ2v) is 2.64. The predicted molar refractivity (Wildman–Crippen MR) is 47.6 cm³/mol. The maximum atomic E-state index is 10.7. The lowest BCUT2D eigenvalue weighted by molar-refractivity contribution is 0.0685. The molecule has 13 heavy (non-hydrogen) atoms. The van der Waals surface area contributed by atoms with E-state index in [0.29, 0.717) is 13.1 Å². The van der Waals surface area contributed by atoms with Crippen molar-refractivity contribution < 1.29 is 9.90 Å². The average molecular weight is 183 g/mol. The first-order valence-electron chi connectivity index (χ1n) is 4.13. The minimum absolute atomic E-state index is 0.243. The van der Waals surface area contributed by atoms with Crippen LogP contribution in [0.5, 0.6) is 0 Å². The molecule has 0 unspecified atom stereocenters. The summed E-state index contributed by atoms with van der Waals surface area (Å²) < 4.78 is 1.68. The zero-order valence-corrected chi connectivity index (χ0v) is 7.74. The van der Waals surface area contributed by atoms with Crippen LogP contribution in [0.1, 0.15) is 23.2 Å². The van der Waals surface area contributed by atoms with Crippen LogP contribution in [0.25, 0.3) is 0 Å². The Morgan fingerprint density at radius 2 is 2.46 bits per heavy atom. The molecule has 0 saturated heterocycles. The number of carboxylic acid groups (broad SMARTS) is 1. The van der Waals surface area contributed by atoms with Crippen LogP contribution in [0.3, 0.4) is 0 Å². The van der Waals surface area contributed by atoms with E-state index in [1.54, 1.807) is 11.6 Å². The summed E-state index contributed by atoms with van der Waals surface area (Å²) in [6, 6.07) is 0. The van der Waals surface area contributed by atoms with Crippen molar-refractivity contribution in [3.8, 4) is 0 Å². The minimum Gasteiger partial charge on any atom is -0.477 e. The highest BCUT2D eigenvalue weighted by Crippen LogP contribution is 2.05. The van der Waals surface area contributed by atoms with E-state index in [-0.39, 0.29) is 5.69 Å². The van der Waals surface area contributed by atoms with Gasteiger partial charge < -0.3 is 15.0 Å². The fourth-order valence-corrected chi connectivity index (χ4v) is 1.24. The van der Waals surface area contributed by atoms with Crippen molar-refractivity contribution in [2.75, 3.05) is 7.05 Å². The lowest BCUT2D eigenvalue weighted by Gasteiger charge is -2.05. The van der Waals surface area contributed by atoms with Crippen molar-refractivity contribution in [1.82, 2.24) is 14.9 Å². The van der Waals surface area contributed by atoms with Crippen LogP contribution >= 0.6 is 0 Å². The fourth-order valence-electron chi connectivity index (χ4n) is 1.24. The Balaban J connectivity index is 3.03. The quantitative estimate of drug-likeness (QED) is 0.705. The van der Waals surface area contributed by atoms with Crippen LogP contribution in [0.2, 0.25) is 0 Å². The highest BCUT2D eigenvalue weighted by Gasteiger charge is 2.12. The number of rotatable bonds is 4. The van der Waals surface area contributed by atoms with Crippen molar-refractivity contribution in [3.05, 3.63) is 17.7 Å². The second-order valence-electron chi connectivity index (χ2n) is 2.64. The Kier molecular flexibility index (Phi) is 3.02. The summed E-state index contributed by atoms with van der Waals surface area (Å²) in [6.07, 6.45) is 1.39. The number of hydrogen-bond acceptors (Lipinski definition) is 3. The van der Waals surface area contributed by atoms with Crippen LogP contribution in [-0.2, 0) is 13.1 Å². The monoisotopic (exact) mass is 183 g/mol. The maximum absolute atomic E-state index is 10.7. The molecule has 0 radical (unpaired) electrons. The first-order chi connectivity index (χ1) is 6.20. The molecule has 0 fully saturated rings. The van der Waals surface area contributed by atoms with Gasteiger partial charge >= 0.3 is 5.97 Å². The molecule has 0 aliphatic rings. The van der Waals surface area contributed by atoms with Crippen molar-refractivity contribution in [3.63, 3.8) is 0 Å². The second kappa shape index (κ2) is 4.04. The van der Waals surface area contributed by atoms with Gasteiger partial charge in [-0.05, 0) is 14.0 Å². The van der Waals surface area contributed by atoms with Crippen molar-refractivity contribution in [2.24, 2.45) is 0 Å². The van der Waals surface area contributed by atoms with E-state index in [4.69, 9.17) is 5.11 Å². The summed E-state index contributed by atoms with van der Waals surface area (Å²) in [4.78, 5) is 14.7. The molecule has 0 saturated carbocycles. The van der Waals surface area contributed by atoms with E-state index in [1.807, 2.05) is 6.92 Å². The van der Waals surface area contributed by atoms with E-state index in [2.05, 4.69) is 10.3 Å². The standard InChI is InChI=1S/C8H13N3O2/c1-3-11-6(8(12)13)4-10-7(11)5-9-2/h4,9H,3,5H2,1-2H3,(H,12,13). The molecular weight excluding hydrogens is 170 g/mol. The number of nitrogens with one attached hydrogen (secondary N) is 1. The third kappa shape index (κ3) is 1.86. The Labute approximate surface area is 76.4 Å². The van der Waals surface area contributed by atoms with Gasteiger partial charge in [0.15, 0.2) is 0 Å². The van der Waals surface area contributed by atoms with E-state index >= 15 is 0 Å². The molecule has 1 aromatic heterocycles. The summed E-state index contributed by atoms with van der Waals surface area (Å²) in [6.45, 7) is 3.10. The summed E-state index contributed by atoms with van der Waals surface area (Å²) in [7, 11) is 1.80. The lowest BCUT2D eigenvalue weighted by Crippen LogP contribution is -2.15. The number of imidazole rings is 1. The minimum atomic E-state index is -0.934. The van der Waals surface area contributed by atoms with Gasteiger partial charge in [-0.2, -0.15) is 0 Å². The van der Waals surface area contributed by atoms with Crippen LogP contribution in [0, 0.1) is 0 Å². The van der Waals surface area contributed by atoms with Gasteiger partial charge in [0, 0.05) is 6.54 Å². The van der Waals surface area contributed by atoms with Crippen molar-refractivity contribution >= 4 is 5.97 Å². The summed E-state index contributed by atoms with van der Waals surface area (Å²) >= 11 is 0. The Bertz CT molecular complexity index is 306. The molecule has 1 aromatic rings. The molecule has 0 spiro atoms. The topological polar surface area (TPSA) is 67.2 Å². The highest BCUT2D eigenvalue weighted by atomic mass is 16.4. The normalized spacial score (nSPS) is 10.3. The van der Waals surface area contributed by atoms with E-state index in [9.17, 15) is 4.79 Å². The predicted octanol–water partition coefficient (Wildman–Crippen LogP) is 0.321. The zero-order chi connectivity index (χ0) is 9.84. The van der Waals surface area contributed by atoms with Gasteiger partial charge in [0.2, 0.25) is 0 Å². The summed E-state index contributed by atoms with van der Waals surface area (Å²) in [5, 5.41) is 11.7. The number of carboxylic acids is 1. The van der Waals surface area contributed by atoms with Gasteiger partial charge in [0.05, 0.1) is 12.7 Å². The van der Waals surface area contributed by atoms with Gasteiger partial charge in [-0.15, -0.1) is 0 Å². The molecule has 0 aliphatic carbocycles. The maximum Gasteiger partial charge on any atom is 0.354 e. The van der Waals surface area contributed by atoms with E-state index in [0.717, 1.165) is 5.82 Å². The molecule has 5 nitrogen and oxygen atoms in total. The molecule has 1 rings (SSSR count). The molecule has 1 heterocycles. The number of aromatic carboxylic acids is 1. The SMILES string of the molecule is CCn1c(C(=O)O)cnc1CNC. The molecule has 0 aromatic carbocycles. The van der Waals surface area contributed by atoms with Gasteiger partial charge in [0.25, 0.3) is 0 Å². The molecule has 0 bridgehead atoms. The molecule has 5 heteroatoms. The largest absolute Gasteiger partial charge is 0.477 e.